The highest BCUT2D eigenvalue weighted by atomic mass is 16.5. The Morgan fingerprint density at radius 3 is 3.00 bits per heavy atom. The van der Waals surface area contributed by atoms with E-state index in [4.69, 9.17) is 4.74 Å². The van der Waals surface area contributed by atoms with E-state index in [-0.39, 0.29) is 17.8 Å². The third-order valence-electron chi connectivity index (χ3n) is 3.50. The molecule has 1 fully saturated rings. The van der Waals surface area contributed by atoms with Gasteiger partial charge in [0.05, 0.1) is 18.7 Å². The summed E-state index contributed by atoms with van der Waals surface area (Å²) in [7, 11) is 1.83. The van der Waals surface area contributed by atoms with E-state index in [1.54, 1.807) is 28.8 Å². The first-order valence-corrected chi connectivity index (χ1v) is 7.22. The Labute approximate surface area is 124 Å². The Balaban J connectivity index is 1.92. The van der Waals surface area contributed by atoms with E-state index in [0.717, 1.165) is 18.4 Å². The predicted molar refractivity (Wildman–Crippen MR) is 78.2 cm³/mol. The first kappa shape index (κ1) is 15.3. The van der Waals surface area contributed by atoms with E-state index in [0.29, 0.717) is 19.7 Å². The molecule has 1 atom stereocenters. The van der Waals surface area contributed by atoms with Gasteiger partial charge in [0.2, 0.25) is 5.91 Å². The summed E-state index contributed by atoms with van der Waals surface area (Å²) in [6, 6.07) is 0. The first-order chi connectivity index (χ1) is 10.1. The van der Waals surface area contributed by atoms with Gasteiger partial charge < -0.3 is 9.64 Å². The number of aromatic nitrogens is 2. The van der Waals surface area contributed by atoms with Gasteiger partial charge in [-0.2, -0.15) is 5.10 Å². The summed E-state index contributed by atoms with van der Waals surface area (Å²) in [6.45, 7) is 3.30. The fourth-order valence-corrected chi connectivity index (χ4v) is 2.43. The first-order valence-electron chi connectivity index (χ1n) is 7.22. The lowest BCUT2D eigenvalue weighted by molar-refractivity contribution is -0.150. The Kier molecular flexibility index (Phi) is 5.14. The zero-order chi connectivity index (χ0) is 15.2. The molecular formula is C15H21N3O3. The number of amides is 1. The lowest BCUT2D eigenvalue weighted by atomic mass is 9.98. The third kappa shape index (κ3) is 4.18. The van der Waals surface area contributed by atoms with E-state index in [2.05, 4.69) is 5.10 Å². The van der Waals surface area contributed by atoms with Crippen molar-refractivity contribution in [1.82, 2.24) is 14.7 Å². The van der Waals surface area contributed by atoms with Crippen LogP contribution in [0, 0.1) is 5.92 Å². The number of carbonyl (C=O) groups is 2. The number of esters is 1. The molecule has 0 aromatic carbocycles. The summed E-state index contributed by atoms with van der Waals surface area (Å²) >= 11 is 0. The highest BCUT2D eigenvalue weighted by Gasteiger charge is 2.28. The number of aryl methyl sites for hydroxylation is 1. The fourth-order valence-electron chi connectivity index (χ4n) is 2.43. The van der Waals surface area contributed by atoms with Gasteiger partial charge in [-0.25, -0.2) is 0 Å². The van der Waals surface area contributed by atoms with Gasteiger partial charge in [-0.1, -0.05) is 0 Å². The van der Waals surface area contributed by atoms with Crippen LogP contribution in [0.4, 0.5) is 0 Å². The maximum absolute atomic E-state index is 12.2. The fraction of sp³-hybridized carbons (Fsp3) is 0.533. The molecule has 1 saturated heterocycles. The minimum Gasteiger partial charge on any atom is -0.466 e. The molecule has 0 saturated carbocycles. The van der Waals surface area contributed by atoms with Crippen LogP contribution >= 0.6 is 0 Å². The highest BCUT2D eigenvalue weighted by Crippen LogP contribution is 2.18. The number of carbonyl (C=O) groups excluding carboxylic acids is 2. The number of rotatable bonds is 4. The number of nitrogens with zero attached hydrogens (tertiary/aromatic N) is 3. The molecule has 0 aliphatic carbocycles. The molecule has 2 heterocycles. The summed E-state index contributed by atoms with van der Waals surface area (Å²) in [5, 5.41) is 4.04. The lowest BCUT2D eigenvalue weighted by Crippen LogP contribution is -2.42. The van der Waals surface area contributed by atoms with Crippen LogP contribution in [0.15, 0.2) is 18.5 Å². The molecule has 114 valence electrons. The standard InChI is InChI=1S/C15H21N3O3/c1-3-21-15(20)13-5-4-8-18(11-13)14(19)7-6-12-9-16-17(2)10-12/h6-7,9-10,13H,3-5,8,11H2,1-2H3/b7-6+. The average Bonchev–Trinajstić information content (AvgIpc) is 2.91. The van der Waals surface area contributed by atoms with Crippen molar-refractivity contribution in [3.63, 3.8) is 0 Å². The maximum Gasteiger partial charge on any atom is 0.310 e. The van der Waals surface area contributed by atoms with E-state index in [1.165, 1.54) is 6.08 Å². The number of ether oxygens (including phenoxy) is 1. The second kappa shape index (κ2) is 7.06. The molecule has 6 nitrogen and oxygen atoms in total. The summed E-state index contributed by atoms with van der Waals surface area (Å²) in [4.78, 5) is 25.6. The van der Waals surface area contributed by atoms with Crippen LogP contribution < -0.4 is 0 Å². The summed E-state index contributed by atoms with van der Waals surface area (Å²) in [5.74, 6) is -0.478. The minimum atomic E-state index is -0.203. The predicted octanol–water partition coefficient (Wildman–Crippen LogP) is 1.23. The summed E-state index contributed by atoms with van der Waals surface area (Å²) < 4.78 is 6.72. The van der Waals surface area contributed by atoms with Crippen molar-refractivity contribution in [3.8, 4) is 0 Å². The molecule has 21 heavy (non-hydrogen) atoms. The number of piperidine rings is 1. The van der Waals surface area contributed by atoms with E-state index in [1.807, 2.05) is 13.2 Å². The highest BCUT2D eigenvalue weighted by molar-refractivity contribution is 5.92. The molecule has 1 unspecified atom stereocenters. The molecule has 1 amide bonds. The van der Waals surface area contributed by atoms with Crippen LogP contribution in [0.25, 0.3) is 6.08 Å². The maximum atomic E-state index is 12.2. The molecule has 0 radical (unpaired) electrons. The van der Waals surface area contributed by atoms with E-state index in [9.17, 15) is 9.59 Å². The average molecular weight is 291 g/mol. The molecule has 0 bridgehead atoms. The molecule has 1 aliphatic rings. The molecular weight excluding hydrogens is 270 g/mol. The van der Waals surface area contributed by atoms with Crippen LogP contribution in [0.1, 0.15) is 25.3 Å². The van der Waals surface area contributed by atoms with Gasteiger partial charge in [0.1, 0.15) is 0 Å². The van der Waals surface area contributed by atoms with E-state index < -0.39 is 0 Å². The second-order valence-corrected chi connectivity index (χ2v) is 5.16. The monoisotopic (exact) mass is 291 g/mol. The SMILES string of the molecule is CCOC(=O)C1CCCN(C(=O)/C=C/c2cnn(C)c2)C1. The van der Waals surface area contributed by atoms with Gasteiger partial charge in [0, 0.05) is 38.0 Å². The Bertz CT molecular complexity index is 536. The normalized spacial score (nSPS) is 19.0. The van der Waals surface area contributed by atoms with Crippen LogP contribution in [-0.4, -0.2) is 46.3 Å². The molecule has 6 heteroatoms. The van der Waals surface area contributed by atoms with Crippen LogP contribution in [0.3, 0.4) is 0 Å². The molecule has 0 N–H and O–H groups in total. The topological polar surface area (TPSA) is 64.4 Å². The number of likely N-dealkylation sites (tertiary alicyclic amines) is 1. The van der Waals surface area contributed by atoms with Gasteiger partial charge in [0.25, 0.3) is 0 Å². The minimum absolute atomic E-state index is 0.0761. The third-order valence-corrected chi connectivity index (χ3v) is 3.50. The quantitative estimate of drug-likeness (QED) is 0.618. The Morgan fingerprint density at radius 1 is 1.52 bits per heavy atom. The van der Waals surface area contributed by atoms with Crippen molar-refractivity contribution in [2.75, 3.05) is 19.7 Å². The van der Waals surface area contributed by atoms with Crippen molar-refractivity contribution in [1.29, 1.82) is 0 Å². The van der Waals surface area contributed by atoms with E-state index >= 15 is 0 Å². The molecule has 1 aliphatic heterocycles. The summed E-state index contributed by atoms with van der Waals surface area (Å²) in [5.41, 5.74) is 0.879. The van der Waals surface area contributed by atoms with Gasteiger partial charge in [-0.3, -0.25) is 14.3 Å². The van der Waals surface area contributed by atoms with Crippen molar-refractivity contribution in [3.05, 3.63) is 24.0 Å². The van der Waals surface area contributed by atoms with Gasteiger partial charge in [-0.05, 0) is 25.8 Å². The number of hydrogen-bond acceptors (Lipinski definition) is 4. The van der Waals surface area contributed by atoms with Crippen LogP contribution in [-0.2, 0) is 21.4 Å². The van der Waals surface area contributed by atoms with Crippen LogP contribution in [0.2, 0.25) is 0 Å². The van der Waals surface area contributed by atoms with Gasteiger partial charge >= 0.3 is 5.97 Å². The molecule has 1 aromatic rings. The molecule has 0 spiro atoms. The zero-order valence-electron chi connectivity index (χ0n) is 12.5. The zero-order valence-corrected chi connectivity index (χ0v) is 12.5. The van der Waals surface area contributed by atoms with Crippen molar-refractivity contribution < 1.29 is 14.3 Å². The summed E-state index contributed by atoms with van der Waals surface area (Å²) in [6.07, 6.45) is 8.42. The Hall–Kier alpha value is -2.11. The van der Waals surface area contributed by atoms with Crippen molar-refractivity contribution in [2.45, 2.75) is 19.8 Å². The molecule has 1 aromatic heterocycles. The number of hydrogen-bond donors (Lipinski definition) is 0. The van der Waals surface area contributed by atoms with Gasteiger partial charge in [0.15, 0.2) is 0 Å². The van der Waals surface area contributed by atoms with Crippen molar-refractivity contribution >= 4 is 18.0 Å². The van der Waals surface area contributed by atoms with Crippen molar-refractivity contribution in [2.24, 2.45) is 13.0 Å². The largest absolute Gasteiger partial charge is 0.466 e. The Morgan fingerprint density at radius 2 is 2.33 bits per heavy atom. The van der Waals surface area contributed by atoms with Crippen LogP contribution in [0.5, 0.6) is 0 Å². The second-order valence-electron chi connectivity index (χ2n) is 5.16. The lowest BCUT2D eigenvalue weighted by Gasteiger charge is -2.30. The smallest absolute Gasteiger partial charge is 0.310 e. The van der Waals surface area contributed by atoms with Gasteiger partial charge in [-0.15, -0.1) is 0 Å². The molecule has 2 rings (SSSR count).